The molecule has 3 heteroatoms. The molecule has 0 amide bonds. The zero-order valence-corrected chi connectivity index (χ0v) is 10.6. The highest BCUT2D eigenvalue weighted by Gasteiger charge is 2.43. The molecule has 1 fully saturated rings. The Morgan fingerprint density at radius 2 is 1.88 bits per heavy atom. The summed E-state index contributed by atoms with van der Waals surface area (Å²) in [5.74, 6) is 1.71. The Morgan fingerprint density at radius 1 is 1.29 bits per heavy atom. The number of carbonyl (C=O) groups is 2. The smallest absolute Gasteiger partial charge is 0.327 e. The summed E-state index contributed by atoms with van der Waals surface area (Å²) in [5, 5.41) is 7.83. The minimum atomic E-state index is -0.891. The van der Waals surface area contributed by atoms with Gasteiger partial charge in [0, 0.05) is 12.0 Å². The standard InChI is InChI=1S/C10H14O.C4H6O2/c1-6-8-3-4-9(5-8)10(6)7(2)11;1-2-3-4(5)6/h3-4,6,8-10H,5H2,1-2H3;2-3H,1H3,(H,5,6)/b;3-2-. The fourth-order valence-corrected chi connectivity index (χ4v) is 2.88. The fourth-order valence-electron chi connectivity index (χ4n) is 2.88. The van der Waals surface area contributed by atoms with Crippen LogP contribution < -0.4 is 0 Å². The number of rotatable bonds is 2. The molecule has 1 N–H and O–H groups in total. The lowest BCUT2D eigenvalue weighted by molar-refractivity contribution is -0.131. The Labute approximate surface area is 102 Å². The van der Waals surface area contributed by atoms with Crippen LogP contribution in [-0.2, 0) is 9.59 Å². The van der Waals surface area contributed by atoms with Gasteiger partial charge >= 0.3 is 5.97 Å². The molecular formula is C14H20O3. The molecule has 0 aromatic heterocycles. The second-order valence-electron chi connectivity index (χ2n) is 4.78. The number of hydrogen-bond donors (Lipinski definition) is 1. The molecule has 0 aromatic carbocycles. The van der Waals surface area contributed by atoms with E-state index in [2.05, 4.69) is 19.1 Å². The van der Waals surface area contributed by atoms with Gasteiger partial charge in [0.05, 0.1) is 0 Å². The van der Waals surface area contributed by atoms with Crippen molar-refractivity contribution < 1.29 is 14.7 Å². The second-order valence-corrected chi connectivity index (χ2v) is 4.78. The van der Waals surface area contributed by atoms with E-state index < -0.39 is 5.97 Å². The van der Waals surface area contributed by atoms with E-state index in [9.17, 15) is 9.59 Å². The number of carboxylic acid groups (broad SMARTS) is 1. The molecule has 4 atom stereocenters. The summed E-state index contributed by atoms with van der Waals surface area (Å²) in [7, 11) is 0. The highest BCUT2D eigenvalue weighted by atomic mass is 16.4. The van der Waals surface area contributed by atoms with Crippen molar-refractivity contribution in [2.24, 2.45) is 23.7 Å². The van der Waals surface area contributed by atoms with Gasteiger partial charge < -0.3 is 5.11 Å². The van der Waals surface area contributed by atoms with Crippen LogP contribution in [0.4, 0.5) is 0 Å². The van der Waals surface area contributed by atoms with E-state index in [4.69, 9.17) is 5.11 Å². The molecule has 0 spiro atoms. The van der Waals surface area contributed by atoms with Crippen molar-refractivity contribution in [3.8, 4) is 0 Å². The van der Waals surface area contributed by atoms with Gasteiger partial charge in [-0.2, -0.15) is 0 Å². The molecule has 0 radical (unpaired) electrons. The highest BCUT2D eigenvalue weighted by molar-refractivity contribution is 5.80. The quantitative estimate of drug-likeness (QED) is 0.592. The van der Waals surface area contributed by atoms with Crippen LogP contribution >= 0.6 is 0 Å². The van der Waals surface area contributed by atoms with Crippen LogP contribution in [0.3, 0.4) is 0 Å². The maximum absolute atomic E-state index is 11.2. The lowest BCUT2D eigenvalue weighted by Crippen LogP contribution is -2.23. The largest absolute Gasteiger partial charge is 0.478 e. The second kappa shape index (κ2) is 5.80. The summed E-state index contributed by atoms with van der Waals surface area (Å²) in [4.78, 5) is 20.7. The summed E-state index contributed by atoms with van der Waals surface area (Å²) in [5.41, 5.74) is 0. The maximum atomic E-state index is 11.2. The molecule has 2 rings (SSSR count). The monoisotopic (exact) mass is 236 g/mol. The van der Waals surface area contributed by atoms with Crippen molar-refractivity contribution in [1.82, 2.24) is 0 Å². The van der Waals surface area contributed by atoms with E-state index >= 15 is 0 Å². The van der Waals surface area contributed by atoms with Gasteiger partial charge in [-0.05, 0) is 38.0 Å². The van der Waals surface area contributed by atoms with E-state index in [0.29, 0.717) is 29.5 Å². The van der Waals surface area contributed by atoms with Gasteiger partial charge in [-0.15, -0.1) is 0 Å². The number of carbonyl (C=O) groups excluding carboxylic acids is 1. The molecule has 4 unspecified atom stereocenters. The van der Waals surface area contributed by atoms with Crippen LogP contribution in [0.1, 0.15) is 27.2 Å². The fraction of sp³-hybridized carbons (Fsp3) is 0.571. The Hall–Kier alpha value is -1.38. The number of ketones is 1. The van der Waals surface area contributed by atoms with Gasteiger partial charge in [-0.3, -0.25) is 4.79 Å². The molecule has 94 valence electrons. The van der Waals surface area contributed by atoms with Crippen molar-refractivity contribution in [3.05, 3.63) is 24.3 Å². The predicted molar refractivity (Wildman–Crippen MR) is 66.5 cm³/mol. The van der Waals surface area contributed by atoms with Crippen LogP contribution in [-0.4, -0.2) is 16.9 Å². The van der Waals surface area contributed by atoms with Crippen molar-refractivity contribution in [2.45, 2.75) is 27.2 Å². The van der Waals surface area contributed by atoms with Crippen LogP contribution in [0, 0.1) is 23.7 Å². The number of allylic oxidation sites excluding steroid dienone is 3. The number of hydrogen-bond acceptors (Lipinski definition) is 2. The molecule has 0 aliphatic heterocycles. The van der Waals surface area contributed by atoms with E-state index in [1.54, 1.807) is 13.8 Å². The van der Waals surface area contributed by atoms with Gasteiger partial charge in [-0.1, -0.05) is 25.2 Å². The van der Waals surface area contributed by atoms with Crippen LogP contribution in [0.15, 0.2) is 24.3 Å². The predicted octanol–water partition coefficient (Wildman–Crippen LogP) is 2.68. The first-order valence-corrected chi connectivity index (χ1v) is 6.01. The van der Waals surface area contributed by atoms with Crippen molar-refractivity contribution in [2.75, 3.05) is 0 Å². The maximum Gasteiger partial charge on any atom is 0.327 e. The third kappa shape index (κ3) is 3.29. The number of fused-ring (bicyclic) bond motifs is 2. The van der Waals surface area contributed by atoms with E-state index in [-0.39, 0.29) is 0 Å². The van der Waals surface area contributed by atoms with E-state index in [1.807, 2.05) is 0 Å². The minimum Gasteiger partial charge on any atom is -0.478 e. The van der Waals surface area contributed by atoms with Gasteiger partial charge in [0.15, 0.2) is 0 Å². The Bertz CT molecular complexity index is 354. The summed E-state index contributed by atoms with van der Waals surface area (Å²) in [6.45, 7) is 5.60. The summed E-state index contributed by atoms with van der Waals surface area (Å²) < 4.78 is 0. The Morgan fingerprint density at radius 3 is 2.12 bits per heavy atom. The number of carboxylic acids is 1. The molecule has 17 heavy (non-hydrogen) atoms. The minimum absolute atomic E-state index is 0.338. The van der Waals surface area contributed by atoms with Gasteiger partial charge in [0.2, 0.25) is 0 Å². The SMILES string of the molecule is C/C=C\C(=O)O.CC(=O)C1C2C=CC(C2)C1C. The molecule has 1 saturated carbocycles. The first-order valence-electron chi connectivity index (χ1n) is 6.01. The lowest BCUT2D eigenvalue weighted by atomic mass is 9.82. The highest BCUT2D eigenvalue weighted by Crippen LogP contribution is 2.47. The molecule has 0 aromatic rings. The van der Waals surface area contributed by atoms with Crippen LogP contribution in [0.5, 0.6) is 0 Å². The zero-order valence-electron chi connectivity index (χ0n) is 10.6. The Balaban J connectivity index is 0.000000209. The topological polar surface area (TPSA) is 54.4 Å². The molecule has 2 aliphatic rings. The van der Waals surface area contributed by atoms with E-state index in [1.165, 1.54) is 12.5 Å². The van der Waals surface area contributed by atoms with Crippen molar-refractivity contribution >= 4 is 11.8 Å². The lowest BCUT2D eigenvalue weighted by Gasteiger charge is -2.21. The van der Waals surface area contributed by atoms with Gasteiger partial charge in [-0.25, -0.2) is 4.79 Å². The molecule has 3 nitrogen and oxygen atoms in total. The van der Waals surface area contributed by atoms with Crippen LogP contribution in [0.25, 0.3) is 0 Å². The van der Waals surface area contributed by atoms with Gasteiger partial charge in [0.25, 0.3) is 0 Å². The average molecular weight is 236 g/mol. The van der Waals surface area contributed by atoms with Crippen LogP contribution in [0.2, 0.25) is 0 Å². The first kappa shape index (κ1) is 13.7. The average Bonchev–Trinajstić information content (AvgIpc) is 2.77. The zero-order chi connectivity index (χ0) is 13.0. The van der Waals surface area contributed by atoms with Crippen molar-refractivity contribution in [1.29, 1.82) is 0 Å². The molecule has 0 saturated heterocycles. The number of aliphatic carboxylic acids is 1. The summed E-state index contributed by atoms with van der Waals surface area (Å²) in [6, 6.07) is 0. The molecule has 2 aliphatic carbocycles. The summed E-state index contributed by atoms with van der Waals surface area (Å²) >= 11 is 0. The van der Waals surface area contributed by atoms with Crippen molar-refractivity contribution in [3.63, 3.8) is 0 Å². The Kier molecular flexibility index (Phi) is 4.67. The normalized spacial score (nSPS) is 33.6. The third-order valence-electron chi connectivity index (χ3n) is 3.63. The van der Waals surface area contributed by atoms with Gasteiger partial charge in [0.1, 0.15) is 5.78 Å². The molecular weight excluding hydrogens is 216 g/mol. The number of Topliss-reactive ketones (excluding diaryl/α,β-unsaturated/α-hetero) is 1. The third-order valence-corrected chi connectivity index (χ3v) is 3.63. The first-order chi connectivity index (χ1) is 7.97. The molecule has 2 bridgehead atoms. The summed E-state index contributed by atoms with van der Waals surface area (Å²) in [6.07, 6.45) is 8.30. The molecule has 0 heterocycles. The van der Waals surface area contributed by atoms with E-state index in [0.717, 1.165) is 6.08 Å².